The lowest BCUT2D eigenvalue weighted by Gasteiger charge is -2.29. The second kappa shape index (κ2) is 7.72. The van der Waals surface area contributed by atoms with Crippen LogP contribution in [-0.4, -0.2) is 33.9 Å². The molecule has 1 amide bonds. The van der Waals surface area contributed by atoms with E-state index in [9.17, 15) is 18.0 Å². The molecule has 2 aromatic rings. The molecule has 1 aliphatic rings. The van der Waals surface area contributed by atoms with Crippen LogP contribution >= 0.6 is 11.6 Å². The van der Waals surface area contributed by atoms with E-state index in [1.165, 1.54) is 18.5 Å². The third-order valence-electron chi connectivity index (χ3n) is 4.49. The molecule has 1 N–H and O–H groups in total. The standard InChI is InChI=1S/C18H18ClF3N4O/c1-11-4-6-26(7-5-11)17(27)15-9-24-16(10-23-15)25-12-2-3-14(19)13(8-12)18(20,21)22/h2-3,8-11H,4-7H2,1H3,(H,24,25). The Bertz CT molecular complexity index is 818. The predicted octanol–water partition coefficient (Wildman–Crippen LogP) is 4.76. The molecule has 144 valence electrons. The molecule has 1 aromatic heterocycles. The van der Waals surface area contributed by atoms with Crippen LogP contribution in [0, 0.1) is 5.92 Å². The van der Waals surface area contributed by atoms with Crippen molar-refractivity contribution in [3.8, 4) is 0 Å². The molecule has 9 heteroatoms. The van der Waals surface area contributed by atoms with E-state index in [4.69, 9.17) is 11.6 Å². The highest BCUT2D eigenvalue weighted by molar-refractivity contribution is 6.31. The molecule has 1 aromatic carbocycles. The minimum atomic E-state index is -4.55. The first-order valence-corrected chi connectivity index (χ1v) is 8.87. The third-order valence-corrected chi connectivity index (χ3v) is 4.82. The van der Waals surface area contributed by atoms with Crippen LogP contribution in [0.4, 0.5) is 24.7 Å². The number of nitrogens with zero attached hydrogens (tertiary/aromatic N) is 3. The van der Waals surface area contributed by atoms with E-state index >= 15 is 0 Å². The zero-order valence-electron chi connectivity index (χ0n) is 14.6. The Kier molecular flexibility index (Phi) is 5.55. The van der Waals surface area contributed by atoms with Gasteiger partial charge in [0.05, 0.1) is 23.0 Å². The Hall–Kier alpha value is -2.35. The second-order valence-electron chi connectivity index (χ2n) is 6.58. The van der Waals surface area contributed by atoms with Crippen molar-refractivity contribution >= 4 is 29.0 Å². The molecule has 0 atom stereocenters. The summed E-state index contributed by atoms with van der Waals surface area (Å²) in [6.45, 7) is 3.53. The number of halogens is 4. The molecule has 0 radical (unpaired) electrons. The summed E-state index contributed by atoms with van der Waals surface area (Å²) in [5.41, 5.74) is -0.555. The molecule has 27 heavy (non-hydrogen) atoms. The summed E-state index contributed by atoms with van der Waals surface area (Å²) < 4.78 is 38.8. The van der Waals surface area contributed by atoms with Gasteiger partial charge in [-0.25, -0.2) is 9.97 Å². The van der Waals surface area contributed by atoms with Gasteiger partial charge >= 0.3 is 6.18 Å². The second-order valence-corrected chi connectivity index (χ2v) is 6.99. The average molecular weight is 399 g/mol. The third kappa shape index (κ3) is 4.68. The minimum absolute atomic E-state index is 0.171. The van der Waals surface area contributed by atoms with Gasteiger partial charge in [0.25, 0.3) is 5.91 Å². The summed E-state index contributed by atoms with van der Waals surface area (Å²) in [5.74, 6) is 0.647. The van der Waals surface area contributed by atoms with Gasteiger partial charge in [-0.05, 0) is 37.0 Å². The van der Waals surface area contributed by atoms with Crippen molar-refractivity contribution in [2.75, 3.05) is 18.4 Å². The monoisotopic (exact) mass is 398 g/mol. The van der Waals surface area contributed by atoms with Gasteiger partial charge in [-0.1, -0.05) is 18.5 Å². The van der Waals surface area contributed by atoms with Gasteiger partial charge in [-0.3, -0.25) is 4.79 Å². The normalized spacial score (nSPS) is 15.7. The number of rotatable bonds is 3. The Labute approximate surface area is 159 Å². The highest BCUT2D eigenvalue weighted by Gasteiger charge is 2.33. The number of piperidine rings is 1. The molecule has 0 unspecified atom stereocenters. The van der Waals surface area contributed by atoms with E-state index in [1.54, 1.807) is 4.90 Å². The fourth-order valence-corrected chi connectivity index (χ4v) is 3.07. The lowest BCUT2D eigenvalue weighted by atomic mass is 9.99. The molecule has 0 spiro atoms. The van der Waals surface area contributed by atoms with Crippen LogP contribution in [0.1, 0.15) is 35.8 Å². The van der Waals surface area contributed by atoms with Crippen molar-refractivity contribution in [3.05, 3.63) is 46.9 Å². The van der Waals surface area contributed by atoms with Crippen LogP contribution < -0.4 is 5.32 Å². The van der Waals surface area contributed by atoms with E-state index in [-0.39, 0.29) is 28.1 Å². The largest absolute Gasteiger partial charge is 0.417 e. The maximum absolute atomic E-state index is 12.9. The lowest BCUT2D eigenvalue weighted by molar-refractivity contribution is -0.137. The molecule has 0 aliphatic carbocycles. The van der Waals surface area contributed by atoms with Crippen LogP contribution in [0.3, 0.4) is 0 Å². The number of benzene rings is 1. The van der Waals surface area contributed by atoms with Gasteiger partial charge in [0.1, 0.15) is 11.5 Å². The number of alkyl halides is 3. The Morgan fingerprint density at radius 1 is 1.22 bits per heavy atom. The van der Waals surface area contributed by atoms with Crippen molar-refractivity contribution in [1.82, 2.24) is 14.9 Å². The number of likely N-dealkylation sites (tertiary alicyclic amines) is 1. The SMILES string of the molecule is CC1CCN(C(=O)c2cnc(Nc3ccc(Cl)c(C(F)(F)F)c3)cn2)CC1. The number of nitrogens with one attached hydrogen (secondary N) is 1. The number of carbonyl (C=O) groups excluding carboxylic acids is 1. The van der Waals surface area contributed by atoms with Gasteiger partial charge in [0, 0.05) is 18.8 Å². The molecule has 5 nitrogen and oxygen atoms in total. The van der Waals surface area contributed by atoms with Crippen LogP contribution in [0.15, 0.2) is 30.6 Å². The summed E-state index contributed by atoms with van der Waals surface area (Å²) in [6, 6.07) is 3.47. The molecule has 1 aliphatic heterocycles. The molecule has 2 heterocycles. The zero-order valence-corrected chi connectivity index (χ0v) is 15.3. The van der Waals surface area contributed by atoms with Crippen LogP contribution in [0.25, 0.3) is 0 Å². The summed E-state index contributed by atoms with van der Waals surface area (Å²) >= 11 is 5.60. The smallest absolute Gasteiger partial charge is 0.339 e. The topological polar surface area (TPSA) is 58.1 Å². The van der Waals surface area contributed by atoms with Crippen molar-refractivity contribution in [2.45, 2.75) is 25.9 Å². The molecular weight excluding hydrogens is 381 g/mol. The van der Waals surface area contributed by atoms with E-state index in [0.717, 1.165) is 25.0 Å². The molecule has 1 fully saturated rings. The molecule has 1 saturated heterocycles. The number of hydrogen-bond acceptors (Lipinski definition) is 4. The summed E-state index contributed by atoms with van der Waals surface area (Å²) in [5, 5.41) is 2.36. The Morgan fingerprint density at radius 3 is 2.52 bits per heavy atom. The van der Waals surface area contributed by atoms with Crippen molar-refractivity contribution in [1.29, 1.82) is 0 Å². The van der Waals surface area contributed by atoms with Gasteiger partial charge in [0.15, 0.2) is 0 Å². The van der Waals surface area contributed by atoms with Crippen molar-refractivity contribution < 1.29 is 18.0 Å². The minimum Gasteiger partial charge on any atom is -0.339 e. The highest BCUT2D eigenvalue weighted by Crippen LogP contribution is 2.36. The molecule has 0 saturated carbocycles. The average Bonchev–Trinajstić information content (AvgIpc) is 2.63. The summed E-state index contributed by atoms with van der Waals surface area (Å²) in [4.78, 5) is 22.4. The maximum Gasteiger partial charge on any atom is 0.417 e. The lowest BCUT2D eigenvalue weighted by Crippen LogP contribution is -2.38. The van der Waals surface area contributed by atoms with E-state index in [0.29, 0.717) is 19.0 Å². The maximum atomic E-state index is 12.9. The Balaban J connectivity index is 1.70. The van der Waals surface area contributed by atoms with Crippen molar-refractivity contribution in [3.63, 3.8) is 0 Å². The van der Waals surface area contributed by atoms with Gasteiger partial charge < -0.3 is 10.2 Å². The fraction of sp³-hybridized carbons (Fsp3) is 0.389. The fourth-order valence-electron chi connectivity index (χ4n) is 2.84. The number of aromatic nitrogens is 2. The van der Waals surface area contributed by atoms with Gasteiger partial charge in [-0.15, -0.1) is 0 Å². The van der Waals surface area contributed by atoms with Crippen molar-refractivity contribution in [2.24, 2.45) is 5.92 Å². The van der Waals surface area contributed by atoms with Crippen LogP contribution in [-0.2, 0) is 6.18 Å². The van der Waals surface area contributed by atoms with E-state index in [1.807, 2.05) is 0 Å². The number of anilines is 2. The first-order valence-electron chi connectivity index (χ1n) is 8.49. The number of carbonyl (C=O) groups is 1. The highest BCUT2D eigenvalue weighted by atomic mass is 35.5. The first kappa shape index (κ1) is 19.4. The molecule has 3 rings (SSSR count). The summed E-state index contributed by atoms with van der Waals surface area (Å²) in [7, 11) is 0. The summed E-state index contributed by atoms with van der Waals surface area (Å²) in [6.07, 6.45) is 0.00145. The Morgan fingerprint density at radius 2 is 1.93 bits per heavy atom. The predicted molar refractivity (Wildman–Crippen MR) is 96.1 cm³/mol. The quantitative estimate of drug-likeness (QED) is 0.809. The van der Waals surface area contributed by atoms with E-state index < -0.39 is 11.7 Å². The van der Waals surface area contributed by atoms with Crippen LogP contribution in [0.2, 0.25) is 5.02 Å². The molecule has 0 bridgehead atoms. The zero-order chi connectivity index (χ0) is 19.6. The number of hydrogen-bond donors (Lipinski definition) is 1. The van der Waals surface area contributed by atoms with Gasteiger partial charge in [-0.2, -0.15) is 13.2 Å². The number of amides is 1. The molecular formula is C18H18ClF3N4O. The van der Waals surface area contributed by atoms with E-state index in [2.05, 4.69) is 22.2 Å². The van der Waals surface area contributed by atoms with Crippen LogP contribution in [0.5, 0.6) is 0 Å². The first-order chi connectivity index (χ1) is 12.7. The van der Waals surface area contributed by atoms with Gasteiger partial charge in [0.2, 0.25) is 0 Å².